The second-order valence-electron chi connectivity index (χ2n) is 7.44. The fraction of sp³-hybridized carbons (Fsp3) is 0.609. The van der Waals surface area contributed by atoms with Crippen LogP contribution in [0.3, 0.4) is 0 Å². The number of benzene rings is 1. The Morgan fingerprint density at radius 2 is 1.73 bits per heavy atom. The Morgan fingerprint density at radius 1 is 1.08 bits per heavy atom. The fourth-order valence-electron chi connectivity index (χ4n) is 2.90. The second kappa shape index (κ2) is 12.4. The Bertz CT molecular complexity index is 566. The van der Waals surface area contributed by atoms with Crippen LogP contribution in [0.5, 0.6) is 0 Å². The summed E-state index contributed by atoms with van der Waals surface area (Å²) in [5.41, 5.74) is 0.901. The number of unbranched alkanes of at least 4 members (excludes halogenated alkanes) is 6. The van der Waals surface area contributed by atoms with Crippen LogP contribution in [0.15, 0.2) is 30.3 Å². The average Bonchev–Trinajstić information content (AvgIpc) is 2.63. The molecule has 3 nitrogen and oxygen atoms in total. The number of methoxy groups -OCH3 is 1. The maximum absolute atomic E-state index is 11.6. The molecule has 0 saturated heterocycles. The van der Waals surface area contributed by atoms with Crippen LogP contribution in [-0.2, 0) is 15.9 Å². The highest BCUT2D eigenvalue weighted by atomic mass is 16.7. The summed E-state index contributed by atoms with van der Waals surface area (Å²) in [7, 11) is 1.33. The van der Waals surface area contributed by atoms with Crippen molar-refractivity contribution in [2.45, 2.75) is 78.2 Å². The molecule has 0 N–H and O–H groups in total. The fourth-order valence-corrected chi connectivity index (χ4v) is 2.90. The lowest BCUT2D eigenvalue weighted by Crippen LogP contribution is -2.34. The van der Waals surface area contributed by atoms with Gasteiger partial charge in [-0.15, -0.1) is 0 Å². The van der Waals surface area contributed by atoms with Gasteiger partial charge in [-0.3, -0.25) is 0 Å². The Labute approximate surface area is 159 Å². The first-order valence-corrected chi connectivity index (χ1v) is 9.76. The van der Waals surface area contributed by atoms with E-state index in [4.69, 9.17) is 4.74 Å². The van der Waals surface area contributed by atoms with Crippen molar-refractivity contribution in [1.82, 2.24) is 0 Å². The normalized spacial score (nSPS) is 12.0. The Hall–Kier alpha value is -1.95. The third-order valence-electron chi connectivity index (χ3n) is 4.48. The van der Waals surface area contributed by atoms with E-state index >= 15 is 0 Å². The van der Waals surface area contributed by atoms with Crippen molar-refractivity contribution in [3.8, 4) is 11.8 Å². The van der Waals surface area contributed by atoms with Crippen molar-refractivity contribution in [2.75, 3.05) is 7.11 Å². The molecule has 0 bridgehead atoms. The van der Waals surface area contributed by atoms with Gasteiger partial charge in [0.25, 0.3) is 0 Å². The number of hydrogen-bond donors (Lipinski definition) is 0. The lowest BCUT2D eigenvalue weighted by Gasteiger charge is -2.30. The summed E-state index contributed by atoms with van der Waals surface area (Å²) >= 11 is 0. The zero-order chi connectivity index (χ0) is 19.3. The van der Waals surface area contributed by atoms with Crippen LogP contribution in [-0.4, -0.2) is 19.4 Å². The molecule has 0 amide bonds. The SMILES string of the molecule is CCCCCCCCC#CC(OC(=O)OC)C(C)(C)Cc1ccccc1. The highest BCUT2D eigenvalue weighted by molar-refractivity contribution is 5.60. The maximum Gasteiger partial charge on any atom is 0.509 e. The molecule has 1 aromatic rings. The molecule has 0 saturated carbocycles. The highest BCUT2D eigenvalue weighted by Gasteiger charge is 2.32. The molecule has 0 aliphatic heterocycles. The number of rotatable bonds is 10. The van der Waals surface area contributed by atoms with Gasteiger partial charge in [0.05, 0.1) is 7.11 Å². The van der Waals surface area contributed by atoms with Crippen molar-refractivity contribution in [2.24, 2.45) is 5.41 Å². The molecular weight excluding hydrogens is 324 g/mol. The Morgan fingerprint density at radius 3 is 2.38 bits per heavy atom. The zero-order valence-electron chi connectivity index (χ0n) is 16.8. The number of carbonyl (C=O) groups is 1. The van der Waals surface area contributed by atoms with Crippen LogP contribution < -0.4 is 0 Å². The van der Waals surface area contributed by atoms with Gasteiger partial charge in [-0.05, 0) is 18.4 Å². The van der Waals surface area contributed by atoms with E-state index in [-0.39, 0.29) is 5.41 Å². The summed E-state index contributed by atoms with van der Waals surface area (Å²) < 4.78 is 10.1. The Kier molecular flexibility index (Phi) is 10.5. The van der Waals surface area contributed by atoms with E-state index in [1.54, 1.807) is 0 Å². The Balaban J connectivity index is 2.63. The van der Waals surface area contributed by atoms with Gasteiger partial charge < -0.3 is 9.47 Å². The number of carbonyl (C=O) groups excluding carboxylic acids is 1. The molecular formula is C23H34O3. The minimum Gasteiger partial charge on any atom is -0.438 e. The maximum atomic E-state index is 11.6. The van der Waals surface area contributed by atoms with Crippen LogP contribution in [0.4, 0.5) is 4.79 Å². The zero-order valence-corrected chi connectivity index (χ0v) is 16.8. The standard InChI is InChI=1S/C23H34O3/c1-5-6-7-8-9-10-11-15-18-21(26-22(24)25-4)23(2,3)19-20-16-13-12-14-17-20/h12-14,16-17,21H,5-11,19H2,1-4H3. The molecule has 1 rings (SSSR count). The van der Waals surface area contributed by atoms with E-state index in [1.807, 2.05) is 18.2 Å². The van der Waals surface area contributed by atoms with Crippen LogP contribution >= 0.6 is 0 Å². The van der Waals surface area contributed by atoms with E-state index in [9.17, 15) is 4.79 Å². The summed E-state index contributed by atoms with van der Waals surface area (Å²) in [5, 5.41) is 0. The molecule has 1 atom stereocenters. The quantitative estimate of drug-likeness (QED) is 0.285. The lowest BCUT2D eigenvalue weighted by atomic mass is 9.80. The van der Waals surface area contributed by atoms with Crippen LogP contribution in [0.25, 0.3) is 0 Å². The molecule has 1 unspecified atom stereocenters. The predicted octanol–water partition coefficient (Wildman–Crippen LogP) is 6.16. The van der Waals surface area contributed by atoms with Gasteiger partial charge in [0.2, 0.25) is 0 Å². The first kappa shape index (κ1) is 22.1. The van der Waals surface area contributed by atoms with E-state index in [1.165, 1.54) is 44.8 Å². The predicted molar refractivity (Wildman–Crippen MR) is 107 cm³/mol. The third kappa shape index (κ3) is 8.94. The van der Waals surface area contributed by atoms with Crippen molar-refractivity contribution in [3.05, 3.63) is 35.9 Å². The van der Waals surface area contributed by atoms with Gasteiger partial charge in [0.15, 0.2) is 6.10 Å². The lowest BCUT2D eigenvalue weighted by molar-refractivity contribution is 0.0131. The van der Waals surface area contributed by atoms with E-state index in [2.05, 4.69) is 49.5 Å². The van der Waals surface area contributed by atoms with E-state index in [0.717, 1.165) is 19.3 Å². The number of ether oxygens (including phenoxy) is 2. The monoisotopic (exact) mass is 358 g/mol. The smallest absolute Gasteiger partial charge is 0.438 e. The molecule has 0 spiro atoms. The van der Waals surface area contributed by atoms with E-state index in [0.29, 0.717) is 0 Å². The molecule has 26 heavy (non-hydrogen) atoms. The molecule has 3 heteroatoms. The molecule has 144 valence electrons. The summed E-state index contributed by atoms with van der Waals surface area (Å²) in [6, 6.07) is 10.2. The van der Waals surface area contributed by atoms with Crippen LogP contribution in [0, 0.1) is 17.3 Å². The molecule has 0 aliphatic carbocycles. The summed E-state index contributed by atoms with van der Waals surface area (Å²) in [6.45, 7) is 6.38. The average molecular weight is 359 g/mol. The van der Waals surface area contributed by atoms with Crippen LogP contribution in [0.2, 0.25) is 0 Å². The second-order valence-corrected chi connectivity index (χ2v) is 7.44. The molecule has 0 fully saturated rings. The van der Waals surface area contributed by atoms with Gasteiger partial charge in [-0.1, -0.05) is 95.0 Å². The summed E-state index contributed by atoms with van der Waals surface area (Å²) in [5.74, 6) is 6.39. The van der Waals surface area contributed by atoms with Gasteiger partial charge in [-0.2, -0.15) is 0 Å². The van der Waals surface area contributed by atoms with Gasteiger partial charge >= 0.3 is 6.16 Å². The van der Waals surface area contributed by atoms with Crippen molar-refractivity contribution in [1.29, 1.82) is 0 Å². The molecule has 0 radical (unpaired) electrons. The minimum absolute atomic E-state index is 0.302. The minimum atomic E-state index is -0.676. The molecule has 1 aromatic carbocycles. The largest absolute Gasteiger partial charge is 0.509 e. The first-order chi connectivity index (χ1) is 12.5. The summed E-state index contributed by atoms with van der Waals surface area (Å²) in [6.07, 6.45) is 7.93. The third-order valence-corrected chi connectivity index (χ3v) is 4.48. The highest BCUT2D eigenvalue weighted by Crippen LogP contribution is 2.28. The van der Waals surface area contributed by atoms with Crippen molar-refractivity contribution >= 4 is 6.16 Å². The van der Waals surface area contributed by atoms with Gasteiger partial charge in [0.1, 0.15) is 0 Å². The van der Waals surface area contributed by atoms with Gasteiger partial charge in [-0.25, -0.2) is 4.79 Å². The molecule has 0 heterocycles. The van der Waals surface area contributed by atoms with E-state index < -0.39 is 12.3 Å². The summed E-state index contributed by atoms with van der Waals surface area (Å²) in [4.78, 5) is 11.6. The van der Waals surface area contributed by atoms with Gasteiger partial charge in [0, 0.05) is 11.8 Å². The van der Waals surface area contributed by atoms with Crippen LogP contribution in [0.1, 0.15) is 71.3 Å². The first-order valence-electron chi connectivity index (χ1n) is 9.76. The van der Waals surface area contributed by atoms with Crippen molar-refractivity contribution < 1.29 is 14.3 Å². The topological polar surface area (TPSA) is 35.5 Å². The molecule has 0 aromatic heterocycles. The van der Waals surface area contributed by atoms with Crippen molar-refractivity contribution in [3.63, 3.8) is 0 Å². The molecule has 0 aliphatic rings. The number of hydrogen-bond acceptors (Lipinski definition) is 3.